The molecule has 0 saturated carbocycles. The number of benzene rings is 1. The van der Waals surface area contributed by atoms with Crippen molar-refractivity contribution in [1.29, 1.82) is 0 Å². The second-order valence-corrected chi connectivity index (χ2v) is 5.69. The lowest BCUT2D eigenvalue weighted by Gasteiger charge is -2.29. The average molecular weight is 247 g/mol. The molecule has 0 aromatic heterocycles. The van der Waals surface area contributed by atoms with Gasteiger partial charge in [0.2, 0.25) is 5.91 Å². The number of carbonyl (C=O) groups is 1. The lowest BCUT2D eigenvalue weighted by atomic mass is 9.93. The van der Waals surface area contributed by atoms with Gasteiger partial charge in [0.05, 0.1) is 6.42 Å². The van der Waals surface area contributed by atoms with Crippen molar-refractivity contribution in [2.45, 2.75) is 26.8 Å². The van der Waals surface area contributed by atoms with Gasteiger partial charge >= 0.3 is 0 Å². The molecule has 0 bridgehead atoms. The van der Waals surface area contributed by atoms with E-state index in [0.29, 0.717) is 26.1 Å². The normalized spacial score (nSPS) is 15.1. The summed E-state index contributed by atoms with van der Waals surface area (Å²) in [7, 11) is 0. The van der Waals surface area contributed by atoms with Crippen LogP contribution in [0.1, 0.15) is 25.0 Å². The lowest BCUT2D eigenvalue weighted by Crippen LogP contribution is -2.40. The largest absolute Gasteiger partial charge is 0.330 e. The summed E-state index contributed by atoms with van der Waals surface area (Å²) in [5.74, 6) is 0.153. The van der Waals surface area contributed by atoms with E-state index in [9.17, 15) is 4.79 Å². The van der Waals surface area contributed by atoms with Crippen molar-refractivity contribution in [3.8, 4) is 0 Å². The van der Waals surface area contributed by atoms with E-state index in [1.54, 1.807) is 0 Å². The quantitative estimate of drug-likeness (QED) is 0.834. The molecule has 98 valence electrons. The van der Waals surface area contributed by atoms with Gasteiger partial charge in [-0.1, -0.05) is 26.0 Å². The summed E-state index contributed by atoms with van der Waals surface area (Å²) in [5.41, 5.74) is 14.5. The minimum Gasteiger partial charge on any atom is -0.330 e. The number of nitrogens with zero attached hydrogens (tertiary/aromatic N) is 1. The van der Waals surface area contributed by atoms with Gasteiger partial charge in [0.25, 0.3) is 0 Å². The highest BCUT2D eigenvalue weighted by atomic mass is 16.2. The number of nitrogens with two attached hydrogens (primary N) is 2. The molecule has 0 aliphatic carbocycles. The molecule has 4 N–H and O–H groups in total. The summed E-state index contributed by atoms with van der Waals surface area (Å²) in [6, 6.07) is 6.01. The number of rotatable bonds is 4. The molecule has 4 nitrogen and oxygen atoms in total. The average Bonchev–Trinajstić information content (AvgIpc) is 2.64. The van der Waals surface area contributed by atoms with Crippen molar-refractivity contribution >= 4 is 11.6 Å². The van der Waals surface area contributed by atoms with Crippen LogP contribution < -0.4 is 16.4 Å². The molecule has 0 radical (unpaired) electrons. The molecule has 1 amide bonds. The Balaban J connectivity index is 2.28. The number of fused-ring (bicyclic) bond motifs is 1. The Labute approximate surface area is 108 Å². The van der Waals surface area contributed by atoms with E-state index in [1.165, 1.54) is 0 Å². The van der Waals surface area contributed by atoms with E-state index >= 15 is 0 Å². The number of hydrogen-bond donors (Lipinski definition) is 2. The summed E-state index contributed by atoms with van der Waals surface area (Å²) in [6.45, 7) is 5.89. The second kappa shape index (κ2) is 4.71. The lowest BCUT2D eigenvalue weighted by molar-refractivity contribution is -0.117. The first kappa shape index (κ1) is 13.1. The zero-order chi connectivity index (χ0) is 13.3. The van der Waals surface area contributed by atoms with Gasteiger partial charge < -0.3 is 16.4 Å². The van der Waals surface area contributed by atoms with Crippen molar-refractivity contribution in [2.24, 2.45) is 16.9 Å². The smallest absolute Gasteiger partial charge is 0.231 e. The van der Waals surface area contributed by atoms with Gasteiger partial charge in [-0.25, -0.2) is 0 Å². The second-order valence-electron chi connectivity index (χ2n) is 5.69. The number of hydrogen-bond acceptors (Lipinski definition) is 3. The van der Waals surface area contributed by atoms with Gasteiger partial charge in [-0.05, 0) is 29.2 Å². The topological polar surface area (TPSA) is 72.3 Å². The van der Waals surface area contributed by atoms with Crippen molar-refractivity contribution in [1.82, 2.24) is 0 Å². The highest BCUT2D eigenvalue weighted by molar-refractivity contribution is 6.01. The van der Waals surface area contributed by atoms with E-state index < -0.39 is 0 Å². The minimum absolute atomic E-state index is 0.0657. The molecule has 4 heteroatoms. The summed E-state index contributed by atoms with van der Waals surface area (Å²) < 4.78 is 0. The number of amides is 1. The summed E-state index contributed by atoms with van der Waals surface area (Å²) in [5, 5.41) is 0. The van der Waals surface area contributed by atoms with Gasteiger partial charge in [0.1, 0.15) is 0 Å². The predicted octanol–water partition coefficient (Wildman–Crippen LogP) is 1.02. The van der Waals surface area contributed by atoms with Crippen LogP contribution in [-0.2, 0) is 17.8 Å². The molecule has 1 aliphatic rings. The van der Waals surface area contributed by atoms with Crippen LogP contribution in [0.5, 0.6) is 0 Å². The van der Waals surface area contributed by atoms with Crippen LogP contribution in [0.2, 0.25) is 0 Å². The van der Waals surface area contributed by atoms with Crippen molar-refractivity contribution in [3.63, 3.8) is 0 Å². The highest BCUT2D eigenvalue weighted by Gasteiger charge is 2.31. The van der Waals surface area contributed by atoms with Crippen LogP contribution in [0.15, 0.2) is 18.2 Å². The Bertz CT molecular complexity index is 468. The third-order valence-electron chi connectivity index (χ3n) is 3.45. The molecular formula is C14H21N3O. The maximum Gasteiger partial charge on any atom is 0.231 e. The Morgan fingerprint density at radius 1 is 1.33 bits per heavy atom. The molecule has 1 aliphatic heterocycles. The van der Waals surface area contributed by atoms with Gasteiger partial charge in [0.15, 0.2) is 0 Å². The first-order valence-electron chi connectivity index (χ1n) is 6.29. The SMILES string of the molecule is CC(C)(CN)CN1C(=O)Cc2cc(CN)ccc21. The highest BCUT2D eigenvalue weighted by Crippen LogP contribution is 2.32. The standard InChI is InChI=1S/C14H21N3O/c1-14(2,8-16)9-17-12-4-3-10(7-15)5-11(12)6-13(17)18/h3-5H,6-9,15-16H2,1-2H3. The molecule has 0 unspecified atom stereocenters. The maximum atomic E-state index is 12.1. The van der Waals surface area contributed by atoms with Crippen molar-refractivity contribution in [3.05, 3.63) is 29.3 Å². The molecule has 1 aromatic rings. The molecule has 0 atom stereocenters. The first-order chi connectivity index (χ1) is 8.46. The fourth-order valence-electron chi connectivity index (χ4n) is 2.23. The summed E-state index contributed by atoms with van der Waals surface area (Å²) in [4.78, 5) is 13.9. The molecular weight excluding hydrogens is 226 g/mol. The van der Waals surface area contributed by atoms with Crippen LogP contribution in [0.4, 0.5) is 5.69 Å². The Morgan fingerprint density at radius 3 is 2.67 bits per heavy atom. The minimum atomic E-state index is -0.0657. The summed E-state index contributed by atoms with van der Waals surface area (Å²) in [6.07, 6.45) is 0.476. The van der Waals surface area contributed by atoms with E-state index in [2.05, 4.69) is 13.8 Å². The van der Waals surface area contributed by atoms with E-state index in [0.717, 1.165) is 16.8 Å². The van der Waals surface area contributed by atoms with Crippen LogP contribution in [0.3, 0.4) is 0 Å². The van der Waals surface area contributed by atoms with Gasteiger partial charge in [0, 0.05) is 18.8 Å². The van der Waals surface area contributed by atoms with E-state index in [4.69, 9.17) is 11.5 Å². The predicted molar refractivity (Wildman–Crippen MR) is 73.2 cm³/mol. The monoisotopic (exact) mass is 247 g/mol. The fourth-order valence-corrected chi connectivity index (χ4v) is 2.23. The van der Waals surface area contributed by atoms with Gasteiger partial charge in [-0.3, -0.25) is 4.79 Å². The molecule has 1 aromatic carbocycles. The van der Waals surface area contributed by atoms with E-state index in [1.807, 2.05) is 23.1 Å². The zero-order valence-electron chi connectivity index (χ0n) is 11.1. The summed E-state index contributed by atoms with van der Waals surface area (Å²) >= 11 is 0. The van der Waals surface area contributed by atoms with Gasteiger partial charge in [-0.2, -0.15) is 0 Å². The maximum absolute atomic E-state index is 12.1. The van der Waals surface area contributed by atoms with Crippen LogP contribution in [0.25, 0.3) is 0 Å². The number of carbonyl (C=O) groups excluding carboxylic acids is 1. The Morgan fingerprint density at radius 2 is 2.06 bits per heavy atom. The molecule has 0 spiro atoms. The third kappa shape index (κ3) is 2.40. The van der Waals surface area contributed by atoms with Crippen molar-refractivity contribution in [2.75, 3.05) is 18.0 Å². The van der Waals surface area contributed by atoms with Crippen LogP contribution in [0, 0.1) is 5.41 Å². The van der Waals surface area contributed by atoms with E-state index in [-0.39, 0.29) is 11.3 Å². The molecule has 0 saturated heterocycles. The molecule has 1 heterocycles. The fraction of sp³-hybridized carbons (Fsp3) is 0.500. The number of anilines is 1. The molecule has 0 fully saturated rings. The van der Waals surface area contributed by atoms with Crippen molar-refractivity contribution < 1.29 is 4.79 Å². The van der Waals surface area contributed by atoms with Gasteiger partial charge in [-0.15, -0.1) is 0 Å². The first-order valence-corrected chi connectivity index (χ1v) is 6.29. The Hall–Kier alpha value is -1.39. The zero-order valence-corrected chi connectivity index (χ0v) is 11.1. The third-order valence-corrected chi connectivity index (χ3v) is 3.45. The van der Waals surface area contributed by atoms with Crippen LogP contribution >= 0.6 is 0 Å². The Kier molecular flexibility index (Phi) is 3.41. The molecule has 2 rings (SSSR count). The molecule has 18 heavy (non-hydrogen) atoms. The van der Waals surface area contributed by atoms with Crippen LogP contribution in [-0.4, -0.2) is 19.0 Å².